The third kappa shape index (κ3) is 7.85. The fraction of sp³-hybridized carbons (Fsp3) is 0.227. The molecule has 2 aromatic carbocycles. The highest BCUT2D eigenvalue weighted by Crippen LogP contribution is 2.21. The quantitative estimate of drug-likeness (QED) is 0.341. The van der Waals surface area contributed by atoms with Crippen LogP contribution in [0.25, 0.3) is 6.08 Å². The molecule has 0 spiro atoms. The molecule has 0 saturated heterocycles. The highest BCUT2D eigenvalue weighted by molar-refractivity contribution is 7.80. The Bertz CT molecular complexity index is 916. The van der Waals surface area contributed by atoms with E-state index in [0.29, 0.717) is 22.3 Å². The molecule has 3 N–H and O–H groups in total. The Hall–Kier alpha value is -2.90. The van der Waals surface area contributed by atoms with Gasteiger partial charge in [0.1, 0.15) is 5.75 Å². The smallest absolute Gasteiger partial charge is 0.276 e. The average Bonchev–Trinajstić information content (AvgIpc) is 2.75. The van der Waals surface area contributed by atoms with E-state index in [1.165, 1.54) is 11.6 Å². The minimum atomic E-state index is -0.459. The van der Waals surface area contributed by atoms with Crippen LogP contribution in [-0.4, -0.2) is 23.5 Å². The van der Waals surface area contributed by atoms with Crippen LogP contribution < -0.4 is 20.9 Å². The van der Waals surface area contributed by atoms with E-state index in [1.807, 2.05) is 30.3 Å². The van der Waals surface area contributed by atoms with Crippen LogP contribution in [0.3, 0.4) is 0 Å². The SMILES string of the molecule is CCC(C)c1ccc(OCC(=O)NNC(=S)NC(=O)/C=C/c2ccccc2Cl)cc1. The number of halogens is 1. The zero-order valence-electron chi connectivity index (χ0n) is 16.8. The maximum atomic E-state index is 11.9. The van der Waals surface area contributed by atoms with Crippen molar-refractivity contribution in [2.45, 2.75) is 26.2 Å². The lowest BCUT2D eigenvalue weighted by atomic mass is 9.99. The molecule has 2 amide bonds. The van der Waals surface area contributed by atoms with Crippen LogP contribution in [0.1, 0.15) is 37.3 Å². The van der Waals surface area contributed by atoms with Gasteiger partial charge in [0.25, 0.3) is 5.91 Å². The van der Waals surface area contributed by atoms with Crippen LogP contribution >= 0.6 is 23.8 Å². The van der Waals surface area contributed by atoms with Crippen molar-refractivity contribution in [3.63, 3.8) is 0 Å². The molecule has 0 saturated carbocycles. The van der Waals surface area contributed by atoms with E-state index in [4.69, 9.17) is 28.6 Å². The standard InChI is InChI=1S/C22H24ClN3O3S/c1-3-15(2)16-8-11-18(12-9-16)29-14-21(28)25-26-22(30)24-20(27)13-10-17-6-4-5-7-19(17)23/h4-13,15H,3,14H2,1-2H3,(H,25,28)(H2,24,26,27,30)/b13-10+. The first kappa shape index (κ1) is 23.4. The topological polar surface area (TPSA) is 79.5 Å². The number of benzene rings is 2. The van der Waals surface area contributed by atoms with Crippen molar-refractivity contribution in [2.75, 3.05) is 6.61 Å². The zero-order valence-corrected chi connectivity index (χ0v) is 18.3. The number of thiocarbonyl (C=S) groups is 1. The maximum absolute atomic E-state index is 11.9. The molecule has 30 heavy (non-hydrogen) atoms. The number of rotatable bonds is 7. The molecule has 2 aromatic rings. The van der Waals surface area contributed by atoms with Crippen molar-refractivity contribution >= 4 is 46.8 Å². The van der Waals surface area contributed by atoms with Gasteiger partial charge >= 0.3 is 0 Å². The van der Waals surface area contributed by atoms with Gasteiger partial charge in [-0.05, 0) is 60.0 Å². The molecule has 0 aliphatic carbocycles. The summed E-state index contributed by atoms with van der Waals surface area (Å²) in [7, 11) is 0. The van der Waals surface area contributed by atoms with E-state index in [2.05, 4.69) is 30.0 Å². The van der Waals surface area contributed by atoms with Crippen LogP contribution in [0.4, 0.5) is 0 Å². The predicted octanol–water partition coefficient (Wildman–Crippen LogP) is 3.97. The summed E-state index contributed by atoms with van der Waals surface area (Å²) in [6.45, 7) is 4.09. The second-order valence-corrected chi connectivity index (χ2v) is 7.33. The summed E-state index contributed by atoms with van der Waals surface area (Å²) in [6, 6.07) is 14.8. The predicted molar refractivity (Wildman–Crippen MR) is 123 cm³/mol. The number of carbonyl (C=O) groups excluding carboxylic acids is 2. The Labute approximate surface area is 186 Å². The summed E-state index contributed by atoms with van der Waals surface area (Å²) >= 11 is 11.0. The zero-order chi connectivity index (χ0) is 21.9. The molecule has 158 valence electrons. The highest BCUT2D eigenvalue weighted by atomic mass is 35.5. The largest absolute Gasteiger partial charge is 0.484 e. The van der Waals surface area contributed by atoms with Crippen molar-refractivity contribution < 1.29 is 14.3 Å². The van der Waals surface area contributed by atoms with Gasteiger partial charge in [-0.2, -0.15) is 0 Å². The molecule has 0 aliphatic rings. The van der Waals surface area contributed by atoms with Gasteiger partial charge in [0.05, 0.1) is 0 Å². The fourth-order valence-corrected chi connectivity index (χ4v) is 2.75. The van der Waals surface area contributed by atoms with E-state index in [-0.39, 0.29) is 11.7 Å². The molecule has 0 aliphatic heterocycles. The summed E-state index contributed by atoms with van der Waals surface area (Å²) in [4.78, 5) is 23.8. The fourth-order valence-electron chi connectivity index (χ4n) is 2.40. The van der Waals surface area contributed by atoms with Crippen molar-refractivity contribution in [1.29, 1.82) is 0 Å². The lowest BCUT2D eigenvalue weighted by molar-refractivity contribution is -0.123. The maximum Gasteiger partial charge on any atom is 0.276 e. The Morgan fingerprint density at radius 3 is 2.50 bits per heavy atom. The van der Waals surface area contributed by atoms with Crippen LogP contribution in [0.5, 0.6) is 5.75 Å². The lowest BCUT2D eigenvalue weighted by Crippen LogP contribution is -2.49. The normalized spacial score (nSPS) is 11.6. The van der Waals surface area contributed by atoms with E-state index in [1.54, 1.807) is 24.3 Å². The Balaban J connectivity index is 1.70. The number of amides is 2. The van der Waals surface area contributed by atoms with Gasteiger partial charge in [-0.3, -0.25) is 25.8 Å². The van der Waals surface area contributed by atoms with Gasteiger partial charge in [0.2, 0.25) is 5.91 Å². The number of carbonyl (C=O) groups is 2. The third-order valence-corrected chi connectivity index (χ3v) is 4.85. The van der Waals surface area contributed by atoms with Gasteiger partial charge in [-0.25, -0.2) is 0 Å². The van der Waals surface area contributed by atoms with Crippen molar-refractivity contribution in [3.8, 4) is 5.75 Å². The van der Waals surface area contributed by atoms with Crippen molar-refractivity contribution in [2.24, 2.45) is 0 Å². The summed E-state index contributed by atoms with van der Waals surface area (Å²) in [5.74, 6) is 0.170. The van der Waals surface area contributed by atoms with E-state index in [0.717, 1.165) is 6.42 Å². The molecular formula is C22H24ClN3O3S. The molecule has 0 fully saturated rings. The molecule has 0 aromatic heterocycles. The molecule has 2 rings (SSSR count). The molecule has 0 bridgehead atoms. The van der Waals surface area contributed by atoms with E-state index < -0.39 is 11.8 Å². The monoisotopic (exact) mass is 445 g/mol. The molecular weight excluding hydrogens is 422 g/mol. The average molecular weight is 446 g/mol. The van der Waals surface area contributed by atoms with Crippen LogP contribution in [0, 0.1) is 0 Å². The number of ether oxygens (including phenoxy) is 1. The van der Waals surface area contributed by atoms with Gasteiger partial charge in [-0.15, -0.1) is 0 Å². The number of nitrogens with one attached hydrogen (secondary N) is 3. The molecule has 8 heteroatoms. The lowest BCUT2D eigenvalue weighted by Gasteiger charge is -2.12. The van der Waals surface area contributed by atoms with Gasteiger partial charge in [0, 0.05) is 11.1 Å². The summed E-state index contributed by atoms with van der Waals surface area (Å²) < 4.78 is 5.44. The first-order valence-corrected chi connectivity index (χ1v) is 10.2. The molecule has 1 unspecified atom stereocenters. The summed E-state index contributed by atoms with van der Waals surface area (Å²) in [6.07, 6.45) is 3.92. The number of hydrogen-bond donors (Lipinski definition) is 3. The van der Waals surface area contributed by atoms with Gasteiger partial charge in [0.15, 0.2) is 11.7 Å². The van der Waals surface area contributed by atoms with Crippen LogP contribution in [0.2, 0.25) is 5.02 Å². The van der Waals surface area contributed by atoms with E-state index >= 15 is 0 Å². The van der Waals surface area contributed by atoms with Crippen molar-refractivity contribution in [3.05, 3.63) is 70.8 Å². The molecule has 1 atom stereocenters. The van der Waals surface area contributed by atoms with Crippen LogP contribution in [-0.2, 0) is 9.59 Å². The molecule has 0 radical (unpaired) electrons. The Morgan fingerprint density at radius 2 is 1.83 bits per heavy atom. The summed E-state index contributed by atoms with van der Waals surface area (Å²) in [5.41, 5.74) is 6.74. The third-order valence-electron chi connectivity index (χ3n) is 4.30. The summed E-state index contributed by atoms with van der Waals surface area (Å²) in [5, 5.41) is 2.90. The number of hydrogen-bond acceptors (Lipinski definition) is 4. The Morgan fingerprint density at radius 1 is 1.13 bits per heavy atom. The van der Waals surface area contributed by atoms with E-state index in [9.17, 15) is 9.59 Å². The first-order valence-electron chi connectivity index (χ1n) is 9.44. The van der Waals surface area contributed by atoms with Crippen LogP contribution in [0.15, 0.2) is 54.6 Å². The molecule has 6 nitrogen and oxygen atoms in total. The minimum Gasteiger partial charge on any atom is -0.484 e. The van der Waals surface area contributed by atoms with Gasteiger partial charge < -0.3 is 4.74 Å². The Kier molecular flexibility index (Phi) is 9.31. The van der Waals surface area contributed by atoms with Crippen molar-refractivity contribution in [1.82, 2.24) is 16.2 Å². The second kappa shape index (κ2) is 11.9. The number of hydrazine groups is 1. The van der Waals surface area contributed by atoms with Gasteiger partial charge in [-0.1, -0.05) is 55.8 Å². The second-order valence-electron chi connectivity index (χ2n) is 6.51. The first-order chi connectivity index (χ1) is 14.4. The minimum absolute atomic E-state index is 0.0462. The molecule has 0 heterocycles. The highest BCUT2D eigenvalue weighted by Gasteiger charge is 2.07.